The van der Waals surface area contributed by atoms with Crippen LogP contribution in [0.1, 0.15) is 19.3 Å². The molecule has 0 aliphatic carbocycles. The number of piperidine rings is 1. The molecule has 0 radical (unpaired) electrons. The van der Waals surface area contributed by atoms with Crippen molar-refractivity contribution in [2.75, 3.05) is 19.7 Å². The van der Waals surface area contributed by atoms with E-state index in [9.17, 15) is 12.8 Å². The maximum Gasteiger partial charge on any atom is 0.238 e. The summed E-state index contributed by atoms with van der Waals surface area (Å²) in [5.74, 6) is -0.102. The molecule has 1 atom stereocenters. The Morgan fingerprint density at radius 3 is 2.85 bits per heavy atom. The second-order valence-electron chi connectivity index (χ2n) is 4.99. The van der Waals surface area contributed by atoms with Crippen molar-refractivity contribution in [3.05, 3.63) is 24.0 Å². The number of nitrogens with one attached hydrogen (secondary N) is 1. The molecule has 0 aromatic heterocycles. The molecule has 1 aromatic carbocycles. The van der Waals surface area contributed by atoms with E-state index in [1.165, 1.54) is 12.1 Å². The van der Waals surface area contributed by atoms with Crippen molar-refractivity contribution in [2.24, 2.45) is 11.1 Å². The Kier molecular flexibility index (Phi) is 4.95. The molecule has 0 spiro atoms. The zero-order valence-electron chi connectivity index (χ0n) is 11.1. The van der Waals surface area contributed by atoms with Gasteiger partial charge in [-0.15, -0.1) is 0 Å². The van der Waals surface area contributed by atoms with Crippen molar-refractivity contribution in [3.63, 3.8) is 0 Å². The number of rotatable bonds is 5. The Bertz CT molecular complexity index is 557. The largest absolute Gasteiger partial charge is 0.491 e. The fourth-order valence-electron chi connectivity index (χ4n) is 2.28. The number of benzene rings is 1. The topological polar surface area (TPSA) is 81.4 Å². The predicted octanol–water partition coefficient (Wildman–Crippen LogP) is 1.24. The van der Waals surface area contributed by atoms with Crippen molar-refractivity contribution in [1.82, 2.24) is 5.32 Å². The van der Waals surface area contributed by atoms with Gasteiger partial charge in [-0.3, -0.25) is 0 Å². The summed E-state index contributed by atoms with van der Waals surface area (Å²) in [6.45, 7) is 2.44. The molecule has 1 aliphatic heterocycles. The first-order valence-electron chi connectivity index (χ1n) is 6.62. The summed E-state index contributed by atoms with van der Waals surface area (Å²) >= 11 is 0. The number of primary sulfonamides is 1. The highest BCUT2D eigenvalue weighted by atomic mass is 32.2. The zero-order chi connectivity index (χ0) is 14.6. The predicted molar refractivity (Wildman–Crippen MR) is 73.5 cm³/mol. The number of nitrogens with two attached hydrogens (primary N) is 1. The Morgan fingerprint density at radius 1 is 1.45 bits per heavy atom. The number of hydrogen-bond donors (Lipinski definition) is 2. The molecule has 112 valence electrons. The highest BCUT2D eigenvalue weighted by molar-refractivity contribution is 7.89. The van der Waals surface area contributed by atoms with Crippen LogP contribution < -0.4 is 15.2 Å². The second kappa shape index (κ2) is 6.51. The minimum Gasteiger partial charge on any atom is -0.491 e. The second-order valence-corrected chi connectivity index (χ2v) is 6.55. The van der Waals surface area contributed by atoms with Gasteiger partial charge in [0.15, 0.2) is 11.6 Å². The molecule has 20 heavy (non-hydrogen) atoms. The first-order chi connectivity index (χ1) is 9.47. The fraction of sp³-hybridized carbons (Fsp3) is 0.538. The fourth-order valence-corrected chi connectivity index (χ4v) is 2.81. The molecular formula is C13H19FN2O3S. The van der Waals surface area contributed by atoms with Crippen molar-refractivity contribution in [3.8, 4) is 5.75 Å². The van der Waals surface area contributed by atoms with Crippen LogP contribution in [-0.4, -0.2) is 28.1 Å². The third-order valence-electron chi connectivity index (χ3n) is 3.41. The number of sulfonamides is 1. The van der Waals surface area contributed by atoms with Crippen molar-refractivity contribution < 1.29 is 17.5 Å². The summed E-state index contributed by atoms with van der Waals surface area (Å²) in [5, 5.41) is 8.24. The number of ether oxygens (including phenoxy) is 1. The highest BCUT2D eigenvalue weighted by Crippen LogP contribution is 2.21. The van der Waals surface area contributed by atoms with Gasteiger partial charge in [0.25, 0.3) is 0 Å². The molecule has 1 heterocycles. The van der Waals surface area contributed by atoms with Crippen LogP contribution in [0.25, 0.3) is 0 Å². The summed E-state index contributed by atoms with van der Waals surface area (Å²) < 4.78 is 41.2. The van der Waals surface area contributed by atoms with Gasteiger partial charge in [-0.25, -0.2) is 17.9 Å². The van der Waals surface area contributed by atoms with E-state index in [-0.39, 0.29) is 10.6 Å². The molecule has 7 heteroatoms. The molecule has 1 fully saturated rings. The average Bonchev–Trinajstić information content (AvgIpc) is 2.40. The maximum absolute atomic E-state index is 13.7. The molecule has 5 nitrogen and oxygen atoms in total. The monoisotopic (exact) mass is 302 g/mol. The van der Waals surface area contributed by atoms with E-state index in [2.05, 4.69) is 5.32 Å². The standard InChI is InChI=1S/C13H19FN2O3S/c14-12-8-11(20(15,17)18)3-4-13(12)19-7-5-10-2-1-6-16-9-10/h3-4,8,10,16H,1-2,5-7,9H2,(H2,15,17,18). The number of halogens is 1. The summed E-state index contributed by atoms with van der Waals surface area (Å²) in [6.07, 6.45) is 3.16. The summed E-state index contributed by atoms with van der Waals surface area (Å²) in [5.41, 5.74) is 0. The minimum atomic E-state index is -3.88. The lowest BCUT2D eigenvalue weighted by atomic mass is 9.97. The lowest BCUT2D eigenvalue weighted by molar-refractivity contribution is 0.246. The third-order valence-corrected chi connectivity index (χ3v) is 4.33. The molecule has 3 N–H and O–H groups in total. The average molecular weight is 302 g/mol. The summed E-state index contributed by atoms with van der Waals surface area (Å²) in [7, 11) is -3.88. The molecule has 0 bridgehead atoms. The van der Waals surface area contributed by atoms with Gasteiger partial charge in [0.05, 0.1) is 11.5 Å². The van der Waals surface area contributed by atoms with Crippen LogP contribution >= 0.6 is 0 Å². The SMILES string of the molecule is NS(=O)(=O)c1ccc(OCCC2CCCNC2)c(F)c1. The Morgan fingerprint density at radius 2 is 2.25 bits per heavy atom. The van der Waals surface area contributed by atoms with E-state index in [1.54, 1.807) is 0 Å². The van der Waals surface area contributed by atoms with Gasteiger partial charge in [-0.2, -0.15) is 0 Å². The number of hydrogen-bond acceptors (Lipinski definition) is 4. The van der Waals surface area contributed by atoms with Crippen LogP contribution in [0.4, 0.5) is 4.39 Å². The smallest absolute Gasteiger partial charge is 0.238 e. The van der Waals surface area contributed by atoms with Crippen LogP contribution in [0.5, 0.6) is 5.75 Å². The molecule has 1 unspecified atom stereocenters. The van der Waals surface area contributed by atoms with E-state index < -0.39 is 15.8 Å². The van der Waals surface area contributed by atoms with Crippen LogP contribution in [0.2, 0.25) is 0 Å². The zero-order valence-corrected chi connectivity index (χ0v) is 12.0. The molecular weight excluding hydrogens is 283 g/mol. The lowest BCUT2D eigenvalue weighted by Gasteiger charge is -2.22. The van der Waals surface area contributed by atoms with Gasteiger partial charge in [-0.05, 0) is 56.5 Å². The summed E-state index contributed by atoms with van der Waals surface area (Å²) in [6, 6.07) is 3.43. The molecule has 1 aliphatic rings. The third kappa shape index (κ3) is 4.16. The minimum absolute atomic E-state index is 0.0566. The summed E-state index contributed by atoms with van der Waals surface area (Å²) in [4.78, 5) is -0.251. The lowest BCUT2D eigenvalue weighted by Crippen LogP contribution is -2.30. The van der Waals surface area contributed by atoms with Gasteiger partial charge in [0.2, 0.25) is 10.0 Å². The van der Waals surface area contributed by atoms with Gasteiger partial charge < -0.3 is 10.1 Å². The Labute approximate surface area is 118 Å². The normalized spacial score (nSPS) is 19.8. The molecule has 1 aromatic rings. The van der Waals surface area contributed by atoms with Crippen molar-refractivity contribution >= 4 is 10.0 Å². The Hall–Kier alpha value is -1.18. The first-order valence-corrected chi connectivity index (χ1v) is 8.17. The van der Waals surface area contributed by atoms with E-state index in [0.29, 0.717) is 12.5 Å². The van der Waals surface area contributed by atoms with Crippen molar-refractivity contribution in [1.29, 1.82) is 0 Å². The highest BCUT2D eigenvalue weighted by Gasteiger charge is 2.15. The molecule has 1 saturated heterocycles. The van der Waals surface area contributed by atoms with Gasteiger partial charge >= 0.3 is 0 Å². The van der Waals surface area contributed by atoms with Gasteiger partial charge in [0, 0.05) is 0 Å². The van der Waals surface area contributed by atoms with Crippen molar-refractivity contribution in [2.45, 2.75) is 24.2 Å². The van der Waals surface area contributed by atoms with Gasteiger partial charge in [-0.1, -0.05) is 0 Å². The van der Waals surface area contributed by atoms with E-state index in [0.717, 1.165) is 38.4 Å². The Balaban J connectivity index is 1.90. The van der Waals surface area contributed by atoms with Crippen LogP contribution in [0.3, 0.4) is 0 Å². The molecule has 2 rings (SSSR count). The van der Waals surface area contributed by atoms with Crippen LogP contribution in [-0.2, 0) is 10.0 Å². The molecule has 0 amide bonds. The van der Waals surface area contributed by atoms with Crippen LogP contribution in [0.15, 0.2) is 23.1 Å². The van der Waals surface area contributed by atoms with Gasteiger partial charge in [0.1, 0.15) is 0 Å². The van der Waals surface area contributed by atoms with Crippen LogP contribution in [0, 0.1) is 11.7 Å². The van der Waals surface area contributed by atoms with E-state index >= 15 is 0 Å². The quantitative estimate of drug-likeness (QED) is 0.857. The van der Waals surface area contributed by atoms with E-state index in [4.69, 9.17) is 9.88 Å². The van der Waals surface area contributed by atoms with E-state index in [1.807, 2.05) is 0 Å². The maximum atomic E-state index is 13.7. The first kappa shape index (κ1) is 15.2. The molecule has 0 saturated carbocycles.